The minimum atomic E-state index is -3.54. The number of aromatic nitrogens is 1. The lowest BCUT2D eigenvalue weighted by atomic mass is 10.0. The lowest BCUT2D eigenvalue weighted by Gasteiger charge is -2.10. The van der Waals surface area contributed by atoms with Gasteiger partial charge in [-0.15, -0.1) is 0 Å². The Morgan fingerprint density at radius 3 is 2.42 bits per heavy atom. The largest absolute Gasteiger partial charge is 0.256 e. The van der Waals surface area contributed by atoms with E-state index in [1.165, 1.54) is 0 Å². The average molecular weight is 340 g/mol. The van der Waals surface area contributed by atoms with Crippen molar-refractivity contribution in [1.29, 1.82) is 0 Å². The van der Waals surface area contributed by atoms with Crippen LogP contribution >= 0.6 is 0 Å². The van der Waals surface area contributed by atoms with Crippen LogP contribution in [-0.2, 0) is 16.6 Å². The molecule has 0 aliphatic rings. The molecule has 1 N–H and O–H groups in total. The van der Waals surface area contributed by atoms with E-state index in [1.807, 2.05) is 42.5 Å². The van der Waals surface area contributed by atoms with Gasteiger partial charge in [-0.1, -0.05) is 44.2 Å². The maximum atomic E-state index is 12.5. The molecule has 1 aromatic heterocycles. The molecule has 0 saturated carbocycles. The maximum Gasteiger partial charge on any atom is 0.240 e. The van der Waals surface area contributed by atoms with E-state index >= 15 is 0 Å². The fourth-order valence-corrected chi connectivity index (χ4v) is 3.60. The number of nitrogens with one attached hydrogen (secondary N) is 1. The van der Waals surface area contributed by atoms with Crippen LogP contribution in [0.1, 0.15) is 30.9 Å². The zero-order chi connectivity index (χ0) is 17.2. The molecule has 0 amide bonds. The van der Waals surface area contributed by atoms with Gasteiger partial charge in [0.1, 0.15) is 0 Å². The summed E-state index contributed by atoms with van der Waals surface area (Å²) < 4.78 is 27.7. The zero-order valence-corrected chi connectivity index (χ0v) is 14.5. The van der Waals surface area contributed by atoms with Crippen LogP contribution in [0.2, 0.25) is 0 Å². The van der Waals surface area contributed by atoms with Crippen LogP contribution < -0.4 is 4.72 Å². The second-order valence-corrected chi connectivity index (χ2v) is 7.80. The second-order valence-electron chi connectivity index (χ2n) is 6.04. The molecule has 2 aromatic carbocycles. The van der Waals surface area contributed by atoms with Crippen LogP contribution in [0.25, 0.3) is 10.9 Å². The number of nitrogens with zero attached hydrogens (tertiary/aromatic N) is 1. The summed E-state index contributed by atoms with van der Waals surface area (Å²) in [5.74, 6) is 0.373. The molecule has 0 saturated heterocycles. The molecule has 4 nitrogen and oxygen atoms in total. The number of rotatable bonds is 5. The molecule has 0 fully saturated rings. The minimum Gasteiger partial charge on any atom is -0.256 e. The lowest BCUT2D eigenvalue weighted by Crippen LogP contribution is -2.23. The van der Waals surface area contributed by atoms with Gasteiger partial charge in [0.2, 0.25) is 10.0 Å². The van der Waals surface area contributed by atoms with Crippen LogP contribution in [-0.4, -0.2) is 13.4 Å². The molecule has 0 atom stereocenters. The number of fused-ring (bicyclic) bond motifs is 1. The Morgan fingerprint density at radius 1 is 1.00 bits per heavy atom. The van der Waals surface area contributed by atoms with E-state index in [-0.39, 0.29) is 11.4 Å². The van der Waals surface area contributed by atoms with Gasteiger partial charge in [0.25, 0.3) is 0 Å². The van der Waals surface area contributed by atoms with Crippen LogP contribution in [0.3, 0.4) is 0 Å². The number of para-hydroxylation sites is 1. The average Bonchev–Trinajstić information content (AvgIpc) is 2.60. The first kappa shape index (κ1) is 16.6. The standard InChI is InChI=1S/C19H20N2O2S/c1-14(2)15-7-9-17(10-8-15)24(22,23)21-13-16-11-12-20-19-6-4-3-5-18(16)19/h3-12,14,21H,13H2,1-2H3. The van der Waals surface area contributed by atoms with Crippen molar-refractivity contribution < 1.29 is 8.42 Å². The molecular weight excluding hydrogens is 320 g/mol. The Hall–Kier alpha value is -2.24. The van der Waals surface area contributed by atoms with Crippen molar-refractivity contribution in [3.05, 3.63) is 71.9 Å². The Labute approximate surface area is 142 Å². The van der Waals surface area contributed by atoms with Gasteiger partial charge < -0.3 is 0 Å². The third kappa shape index (κ3) is 3.47. The molecular formula is C19H20N2O2S. The SMILES string of the molecule is CC(C)c1ccc(S(=O)(=O)NCc2ccnc3ccccc23)cc1. The first-order valence-electron chi connectivity index (χ1n) is 7.89. The van der Waals surface area contributed by atoms with Crippen LogP contribution in [0, 0.1) is 0 Å². The smallest absolute Gasteiger partial charge is 0.240 e. The predicted molar refractivity (Wildman–Crippen MR) is 96.3 cm³/mol. The van der Waals surface area contributed by atoms with Crippen molar-refractivity contribution in [1.82, 2.24) is 9.71 Å². The van der Waals surface area contributed by atoms with Gasteiger partial charge in [-0.2, -0.15) is 0 Å². The van der Waals surface area contributed by atoms with Gasteiger partial charge in [-0.3, -0.25) is 4.98 Å². The van der Waals surface area contributed by atoms with E-state index in [0.717, 1.165) is 22.0 Å². The summed E-state index contributed by atoms with van der Waals surface area (Å²) in [7, 11) is -3.54. The maximum absolute atomic E-state index is 12.5. The molecule has 0 aliphatic carbocycles. The highest BCUT2D eigenvalue weighted by Gasteiger charge is 2.14. The lowest BCUT2D eigenvalue weighted by molar-refractivity contribution is 0.581. The summed E-state index contributed by atoms with van der Waals surface area (Å²) in [6, 6.07) is 16.6. The van der Waals surface area contributed by atoms with E-state index in [1.54, 1.807) is 18.3 Å². The van der Waals surface area contributed by atoms with Gasteiger partial charge in [0.15, 0.2) is 0 Å². The highest BCUT2D eigenvalue weighted by molar-refractivity contribution is 7.89. The van der Waals surface area contributed by atoms with Crippen molar-refractivity contribution in [2.75, 3.05) is 0 Å². The summed E-state index contributed by atoms with van der Waals surface area (Å²) in [6.45, 7) is 4.39. The normalized spacial score (nSPS) is 12.0. The molecule has 24 heavy (non-hydrogen) atoms. The van der Waals surface area contributed by atoms with Crippen molar-refractivity contribution in [3.63, 3.8) is 0 Å². The Morgan fingerprint density at radius 2 is 1.71 bits per heavy atom. The molecule has 3 aromatic rings. The van der Waals surface area contributed by atoms with E-state index in [9.17, 15) is 8.42 Å². The Kier molecular flexibility index (Phi) is 4.64. The molecule has 1 heterocycles. The third-order valence-corrected chi connectivity index (χ3v) is 5.47. The van der Waals surface area contributed by atoms with Gasteiger partial charge in [-0.05, 0) is 41.3 Å². The molecule has 0 spiro atoms. The third-order valence-electron chi connectivity index (χ3n) is 4.05. The summed E-state index contributed by atoms with van der Waals surface area (Å²) in [5.41, 5.74) is 2.88. The summed E-state index contributed by atoms with van der Waals surface area (Å²) in [5, 5.41) is 0.956. The van der Waals surface area contributed by atoms with E-state index in [4.69, 9.17) is 0 Å². The molecule has 3 rings (SSSR count). The van der Waals surface area contributed by atoms with Gasteiger partial charge in [0.05, 0.1) is 10.4 Å². The van der Waals surface area contributed by atoms with Gasteiger partial charge in [-0.25, -0.2) is 13.1 Å². The summed E-state index contributed by atoms with van der Waals surface area (Å²) >= 11 is 0. The van der Waals surface area contributed by atoms with E-state index in [0.29, 0.717) is 5.92 Å². The number of sulfonamides is 1. The van der Waals surface area contributed by atoms with Crippen molar-refractivity contribution in [2.24, 2.45) is 0 Å². The number of hydrogen-bond donors (Lipinski definition) is 1. The molecule has 0 unspecified atom stereocenters. The Balaban J connectivity index is 1.82. The van der Waals surface area contributed by atoms with Crippen LogP contribution in [0.5, 0.6) is 0 Å². The number of benzene rings is 2. The van der Waals surface area contributed by atoms with E-state index < -0.39 is 10.0 Å². The van der Waals surface area contributed by atoms with Crippen LogP contribution in [0.4, 0.5) is 0 Å². The van der Waals surface area contributed by atoms with E-state index in [2.05, 4.69) is 23.6 Å². The summed E-state index contributed by atoms with van der Waals surface area (Å²) in [6.07, 6.45) is 1.70. The topological polar surface area (TPSA) is 59.1 Å². The van der Waals surface area contributed by atoms with Gasteiger partial charge in [0, 0.05) is 18.1 Å². The second kappa shape index (κ2) is 6.71. The van der Waals surface area contributed by atoms with Gasteiger partial charge >= 0.3 is 0 Å². The highest BCUT2D eigenvalue weighted by Crippen LogP contribution is 2.19. The number of hydrogen-bond acceptors (Lipinski definition) is 3. The first-order valence-corrected chi connectivity index (χ1v) is 9.38. The molecule has 0 radical (unpaired) electrons. The monoisotopic (exact) mass is 340 g/mol. The minimum absolute atomic E-state index is 0.233. The fraction of sp³-hybridized carbons (Fsp3) is 0.211. The quantitative estimate of drug-likeness (QED) is 0.768. The molecule has 5 heteroatoms. The number of pyridine rings is 1. The van der Waals surface area contributed by atoms with Crippen molar-refractivity contribution in [2.45, 2.75) is 31.2 Å². The molecule has 0 bridgehead atoms. The molecule has 0 aliphatic heterocycles. The van der Waals surface area contributed by atoms with Crippen molar-refractivity contribution >= 4 is 20.9 Å². The van der Waals surface area contributed by atoms with Crippen molar-refractivity contribution in [3.8, 4) is 0 Å². The van der Waals surface area contributed by atoms with Crippen LogP contribution in [0.15, 0.2) is 65.7 Å². The summed E-state index contributed by atoms with van der Waals surface area (Å²) in [4.78, 5) is 4.58. The zero-order valence-electron chi connectivity index (χ0n) is 13.7. The highest BCUT2D eigenvalue weighted by atomic mass is 32.2. The Bertz CT molecular complexity index is 943. The fourth-order valence-electron chi connectivity index (χ4n) is 2.60. The molecule has 124 valence electrons. The predicted octanol–water partition coefficient (Wildman–Crippen LogP) is 3.84. The first-order chi connectivity index (χ1) is 11.5.